The highest BCUT2D eigenvalue weighted by molar-refractivity contribution is 7.89. The lowest BCUT2D eigenvalue weighted by molar-refractivity contribution is -0.116. The van der Waals surface area contributed by atoms with E-state index in [2.05, 4.69) is 18.7 Å². The van der Waals surface area contributed by atoms with Gasteiger partial charge in [0.2, 0.25) is 15.9 Å². The standard InChI is InChI=1S/C22H33N3O3S/c1-17(26)25-16-22(2,3)20-15-19(7-8-21(20)25)29(27,28)24-13-9-18(10-14-24)23-11-5-4-6-12-23/h7-8,15,18H,4-6,9-14,16H2,1-3H3. The van der Waals surface area contributed by atoms with E-state index < -0.39 is 10.0 Å². The predicted molar refractivity (Wildman–Crippen MR) is 115 cm³/mol. The molecule has 160 valence electrons. The summed E-state index contributed by atoms with van der Waals surface area (Å²) in [6, 6.07) is 5.79. The third-order valence-corrected chi connectivity index (χ3v) is 8.78. The van der Waals surface area contributed by atoms with Crippen molar-refractivity contribution in [2.24, 2.45) is 0 Å². The van der Waals surface area contributed by atoms with E-state index in [4.69, 9.17) is 0 Å². The molecule has 7 heteroatoms. The Balaban J connectivity index is 1.52. The van der Waals surface area contributed by atoms with Gasteiger partial charge in [0, 0.05) is 43.7 Å². The topological polar surface area (TPSA) is 60.9 Å². The third kappa shape index (κ3) is 3.84. The van der Waals surface area contributed by atoms with Gasteiger partial charge in [-0.15, -0.1) is 0 Å². The number of carbonyl (C=O) groups is 1. The SMILES string of the molecule is CC(=O)N1CC(C)(C)c2cc(S(=O)(=O)N3CCC(N4CCCCC4)CC3)ccc21. The number of likely N-dealkylation sites (tertiary alicyclic amines) is 1. The quantitative estimate of drug-likeness (QED) is 0.756. The van der Waals surface area contributed by atoms with Gasteiger partial charge in [-0.2, -0.15) is 4.31 Å². The lowest BCUT2D eigenvalue weighted by Gasteiger charge is -2.39. The Kier molecular flexibility index (Phi) is 5.51. The van der Waals surface area contributed by atoms with Crippen LogP contribution in [-0.2, 0) is 20.2 Å². The predicted octanol–water partition coefficient (Wildman–Crippen LogP) is 2.97. The summed E-state index contributed by atoms with van der Waals surface area (Å²) in [7, 11) is -3.51. The van der Waals surface area contributed by atoms with E-state index >= 15 is 0 Å². The van der Waals surface area contributed by atoms with Crippen LogP contribution in [0.1, 0.15) is 58.4 Å². The number of benzene rings is 1. The van der Waals surface area contributed by atoms with E-state index in [9.17, 15) is 13.2 Å². The number of hydrogen-bond acceptors (Lipinski definition) is 4. The van der Waals surface area contributed by atoms with Crippen LogP contribution in [0, 0.1) is 0 Å². The van der Waals surface area contributed by atoms with Crippen molar-refractivity contribution in [3.63, 3.8) is 0 Å². The molecule has 1 aromatic rings. The monoisotopic (exact) mass is 419 g/mol. The highest BCUT2D eigenvalue weighted by atomic mass is 32.2. The minimum atomic E-state index is -3.51. The van der Waals surface area contributed by atoms with Crippen molar-refractivity contribution in [2.75, 3.05) is 37.6 Å². The van der Waals surface area contributed by atoms with Gasteiger partial charge in [0.25, 0.3) is 0 Å². The highest BCUT2D eigenvalue weighted by Crippen LogP contribution is 2.42. The zero-order valence-electron chi connectivity index (χ0n) is 17.9. The molecule has 0 spiro atoms. The minimum Gasteiger partial charge on any atom is -0.311 e. The van der Waals surface area contributed by atoms with Gasteiger partial charge in [0.05, 0.1) is 4.90 Å². The fraction of sp³-hybridized carbons (Fsp3) is 0.682. The smallest absolute Gasteiger partial charge is 0.243 e. The van der Waals surface area contributed by atoms with Crippen LogP contribution in [0.2, 0.25) is 0 Å². The minimum absolute atomic E-state index is 0.00721. The fourth-order valence-electron chi connectivity index (χ4n) is 5.18. The van der Waals surface area contributed by atoms with Crippen molar-refractivity contribution in [1.29, 1.82) is 0 Å². The van der Waals surface area contributed by atoms with Crippen LogP contribution < -0.4 is 4.90 Å². The molecule has 0 atom stereocenters. The summed E-state index contributed by atoms with van der Waals surface area (Å²) in [5.41, 5.74) is 1.52. The molecule has 0 saturated carbocycles. The summed E-state index contributed by atoms with van der Waals surface area (Å²) in [5, 5.41) is 0. The molecule has 0 N–H and O–H groups in total. The van der Waals surface area contributed by atoms with Gasteiger partial charge in [-0.05, 0) is 62.5 Å². The van der Waals surface area contributed by atoms with Crippen LogP contribution >= 0.6 is 0 Å². The van der Waals surface area contributed by atoms with E-state index in [1.54, 1.807) is 34.3 Å². The summed E-state index contributed by atoms with van der Waals surface area (Å²) in [5.74, 6) is -0.00721. The highest BCUT2D eigenvalue weighted by Gasteiger charge is 2.39. The first-order valence-corrected chi connectivity index (χ1v) is 12.3. The molecule has 2 fully saturated rings. The molecule has 0 unspecified atom stereocenters. The van der Waals surface area contributed by atoms with Gasteiger partial charge in [0.15, 0.2) is 0 Å². The number of sulfonamides is 1. The lowest BCUT2D eigenvalue weighted by atomic mass is 9.87. The third-order valence-electron chi connectivity index (χ3n) is 6.89. The van der Waals surface area contributed by atoms with Crippen molar-refractivity contribution in [1.82, 2.24) is 9.21 Å². The average Bonchev–Trinajstić information content (AvgIpc) is 2.99. The van der Waals surface area contributed by atoms with Crippen molar-refractivity contribution < 1.29 is 13.2 Å². The van der Waals surface area contributed by atoms with Crippen LogP contribution in [0.25, 0.3) is 0 Å². The van der Waals surface area contributed by atoms with E-state index in [0.29, 0.717) is 30.6 Å². The summed E-state index contributed by atoms with van der Waals surface area (Å²) < 4.78 is 28.3. The number of piperidine rings is 2. The number of nitrogens with zero attached hydrogens (tertiary/aromatic N) is 3. The Morgan fingerprint density at radius 2 is 1.69 bits per heavy atom. The van der Waals surface area contributed by atoms with Gasteiger partial charge >= 0.3 is 0 Å². The summed E-state index contributed by atoms with van der Waals surface area (Å²) >= 11 is 0. The molecule has 29 heavy (non-hydrogen) atoms. The molecule has 0 aliphatic carbocycles. The molecule has 2 saturated heterocycles. The second kappa shape index (κ2) is 7.67. The van der Waals surface area contributed by atoms with Crippen molar-refractivity contribution >= 4 is 21.6 Å². The Labute approximate surface area is 174 Å². The van der Waals surface area contributed by atoms with Crippen molar-refractivity contribution in [2.45, 2.75) is 69.2 Å². The molecule has 3 heterocycles. The van der Waals surface area contributed by atoms with Gasteiger partial charge in [-0.3, -0.25) is 4.79 Å². The van der Waals surface area contributed by atoms with Crippen molar-refractivity contribution in [3.8, 4) is 0 Å². The Morgan fingerprint density at radius 1 is 1.03 bits per heavy atom. The van der Waals surface area contributed by atoms with E-state index in [1.165, 1.54) is 19.3 Å². The molecule has 1 aromatic carbocycles. The number of anilines is 1. The zero-order valence-corrected chi connectivity index (χ0v) is 18.7. The van der Waals surface area contributed by atoms with E-state index in [0.717, 1.165) is 37.2 Å². The first-order valence-electron chi connectivity index (χ1n) is 10.9. The molecule has 0 aromatic heterocycles. The Hall–Kier alpha value is -1.44. The van der Waals surface area contributed by atoms with Crippen LogP contribution in [0.4, 0.5) is 5.69 Å². The van der Waals surface area contributed by atoms with E-state index in [1.807, 2.05) is 0 Å². The number of carbonyl (C=O) groups excluding carboxylic acids is 1. The molecule has 1 amide bonds. The van der Waals surface area contributed by atoms with Crippen LogP contribution in [-0.4, -0.2) is 62.3 Å². The maximum Gasteiger partial charge on any atom is 0.243 e. The van der Waals surface area contributed by atoms with Gasteiger partial charge < -0.3 is 9.80 Å². The van der Waals surface area contributed by atoms with Gasteiger partial charge in [-0.1, -0.05) is 20.3 Å². The molecule has 4 rings (SSSR count). The first kappa shape index (κ1) is 20.8. The van der Waals surface area contributed by atoms with E-state index in [-0.39, 0.29) is 11.3 Å². The molecule has 0 radical (unpaired) electrons. The summed E-state index contributed by atoms with van der Waals surface area (Å²) in [6.45, 7) is 9.76. The number of amides is 1. The largest absolute Gasteiger partial charge is 0.311 e. The molecular formula is C22H33N3O3S. The van der Waals surface area contributed by atoms with Crippen LogP contribution in [0.5, 0.6) is 0 Å². The van der Waals surface area contributed by atoms with Crippen LogP contribution in [0.3, 0.4) is 0 Å². The normalized spacial score (nSPS) is 23.9. The summed E-state index contributed by atoms with van der Waals surface area (Å²) in [6.07, 6.45) is 5.67. The number of fused-ring (bicyclic) bond motifs is 1. The average molecular weight is 420 g/mol. The summed E-state index contributed by atoms with van der Waals surface area (Å²) in [4.78, 5) is 16.6. The maximum atomic E-state index is 13.3. The number of rotatable bonds is 3. The first-order chi connectivity index (χ1) is 13.7. The lowest BCUT2D eigenvalue weighted by Crippen LogP contribution is -2.48. The van der Waals surface area contributed by atoms with Crippen LogP contribution in [0.15, 0.2) is 23.1 Å². The van der Waals surface area contributed by atoms with Gasteiger partial charge in [-0.25, -0.2) is 8.42 Å². The second-order valence-electron chi connectivity index (χ2n) is 9.40. The zero-order chi connectivity index (χ0) is 20.8. The Bertz CT molecular complexity index is 883. The second-order valence-corrected chi connectivity index (χ2v) is 11.3. The molecule has 3 aliphatic heterocycles. The molecule has 6 nitrogen and oxygen atoms in total. The Morgan fingerprint density at radius 3 is 2.31 bits per heavy atom. The van der Waals surface area contributed by atoms with Crippen molar-refractivity contribution in [3.05, 3.63) is 23.8 Å². The molecule has 0 bridgehead atoms. The van der Waals surface area contributed by atoms with Gasteiger partial charge in [0.1, 0.15) is 0 Å². The molecule has 3 aliphatic rings. The maximum absolute atomic E-state index is 13.3. The number of hydrogen-bond donors (Lipinski definition) is 0. The fourth-order valence-corrected chi connectivity index (χ4v) is 6.68. The molecular weight excluding hydrogens is 386 g/mol.